The number of nitrogens with one attached hydrogen (secondary N) is 4. The number of nitrogens with zero attached hydrogens (tertiary/aromatic N) is 3. The summed E-state index contributed by atoms with van der Waals surface area (Å²) in [6.45, 7) is 3.74. The van der Waals surface area contributed by atoms with Crippen LogP contribution in [0.2, 0.25) is 0 Å². The molecule has 0 spiro atoms. The lowest BCUT2D eigenvalue weighted by Crippen LogP contribution is -2.51. The van der Waals surface area contributed by atoms with Crippen molar-refractivity contribution in [1.29, 1.82) is 0 Å². The van der Waals surface area contributed by atoms with Gasteiger partial charge in [0.1, 0.15) is 18.7 Å². The Balaban J connectivity index is 0.791. The fraction of sp³-hybridized carbons (Fsp3) is 0.475. The molecule has 3 aliphatic rings. The Kier molecular flexibility index (Phi) is 24.8. The van der Waals surface area contributed by atoms with Crippen LogP contribution in [-0.4, -0.2) is 192 Å². The van der Waals surface area contributed by atoms with Crippen molar-refractivity contribution in [3.8, 4) is 34.3 Å². The second kappa shape index (κ2) is 32.7. The monoisotopic (exact) mass is 1200 g/mol. The zero-order valence-corrected chi connectivity index (χ0v) is 48.4. The lowest BCUT2D eigenvalue weighted by molar-refractivity contribution is -0.137. The molecule has 27 heteroatoms. The standard InChI is InChI=1S/C59H74N8O19/c1-37(62-50(70)15-23-80-25-27-82-29-30-83-28-26-81-24-17-61-49(69)14-20-66-51(71)12-13-52(66)72)56(74)64-44(7-4-5-16-60)57(75)63-39-10-8-38(9-11-39)35-84-59(77)65(21-22-68)18-6-19-67-54-41-32-47-48(86-36-85-47)33-42(41)55(73)53(54)40-31-45(78-2)46(79-3)34-43(40)58(67)76/h8-13,31-34,37,44,68H,4-7,14-30,35-36,60H2,1-3H3,(H,61,69)(H,62,70)(H,63,75)(H,64,74)/t37-,44-/m0/s1. The molecule has 0 saturated carbocycles. The molecule has 464 valence electrons. The summed E-state index contributed by atoms with van der Waals surface area (Å²) >= 11 is 0. The van der Waals surface area contributed by atoms with Gasteiger partial charge >= 0.3 is 6.09 Å². The number of amides is 7. The number of hydrogen-bond acceptors (Lipinski definition) is 20. The lowest BCUT2D eigenvalue weighted by Gasteiger charge is -2.22. The van der Waals surface area contributed by atoms with Gasteiger partial charge in [0.2, 0.25) is 30.4 Å². The van der Waals surface area contributed by atoms with E-state index in [0.29, 0.717) is 108 Å². The van der Waals surface area contributed by atoms with Crippen LogP contribution in [0.5, 0.6) is 23.0 Å². The smallest absolute Gasteiger partial charge is 0.410 e. The molecule has 4 aromatic rings. The Morgan fingerprint density at radius 2 is 1.34 bits per heavy atom. The zero-order valence-electron chi connectivity index (χ0n) is 48.4. The van der Waals surface area contributed by atoms with Crippen LogP contribution in [0.25, 0.3) is 22.0 Å². The molecular weight excluding hydrogens is 1120 g/mol. The highest BCUT2D eigenvalue weighted by Gasteiger charge is 2.36. The molecule has 2 atom stereocenters. The first-order valence-electron chi connectivity index (χ1n) is 28.3. The molecule has 0 saturated heterocycles. The molecule has 27 nitrogen and oxygen atoms in total. The molecule has 0 radical (unpaired) electrons. The van der Waals surface area contributed by atoms with E-state index in [1.807, 2.05) is 0 Å². The van der Waals surface area contributed by atoms with Gasteiger partial charge in [-0.05, 0) is 81.1 Å². The second-order valence-corrected chi connectivity index (χ2v) is 19.9. The van der Waals surface area contributed by atoms with Gasteiger partial charge in [-0.1, -0.05) is 12.1 Å². The third kappa shape index (κ3) is 17.6. The highest BCUT2D eigenvalue weighted by Crippen LogP contribution is 2.47. The molecule has 2 aliphatic heterocycles. The number of ketones is 1. The van der Waals surface area contributed by atoms with E-state index in [2.05, 4.69) is 21.3 Å². The summed E-state index contributed by atoms with van der Waals surface area (Å²) in [5, 5.41) is 21.4. The summed E-state index contributed by atoms with van der Waals surface area (Å²) in [7, 11) is 2.91. The van der Waals surface area contributed by atoms with E-state index in [-0.39, 0.29) is 122 Å². The molecule has 86 heavy (non-hydrogen) atoms. The number of nitrogens with two attached hydrogens (primary N) is 1. The van der Waals surface area contributed by atoms with Crippen LogP contribution in [-0.2, 0) is 65.6 Å². The molecule has 1 aliphatic carbocycles. The second-order valence-electron chi connectivity index (χ2n) is 19.9. The molecule has 1 aromatic heterocycles. The maximum absolute atomic E-state index is 14.4. The number of fused-ring (bicyclic) bond motifs is 6. The number of ether oxygens (including phenoxy) is 9. The Labute approximate surface area is 495 Å². The van der Waals surface area contributed by atoms with E-state index < -0.39 is 53.3 Å². The number of anilines is 1. The quantitative estimate of drug-likeness (QED) is 0.0244. The van der Waals surface area contributed by atoms with Crippen molar-refractivity contribution in [3.63, 3.8) is 0 Å². The summed E-state index contributed by atoms with van der Waals surface area (Å²) in [6, 6.07) is 11.0. The maximum Gasteiger partial charge on any atom is 0.410 e. The number of benzene rings is 3. The van der Waals surface area contributed by atoms with Crippen LogP contribution in [0.3, 0.4) is 0 Å². The summed E-state index contributed by atoms with van der Waals surface area (Å²) in [5.41, 5.74) is 7.82. The van der Waals surface area contributed by atoms with E-state index in [1.165, 1.54) is 48.8 Å². The molecule has 0 fully saturated rings. The SMILES string of the molecule is COc1cc2c3c(n(CCCN(CCO)C(=O)OCc4ccc(NC(=O)[C@H](CCCCN)NC(=O)[C@H](C)NC(=O)CCOCCOCCOCCOCCNC(=O)CCN5C(=O)C=CC5=O)cc4)c(=O)c2cc1OC)-c1cc2c(cc1C3=O)OCO2. The Bertz CT molecular complexity index is 3150. The molecule has 0 unspecified atom stereocenters. The van der Waals surface area contributed by atoms with Crippen molar-refractivity contribution in [2.45, 2.75) is 70.7 Å². The number of pyridine rings is 1. The van der Waals surface area contributed by atoms with Gasteiger partial charge < -0.3 is 84.2 Å². The largest absolute Gasteiger partial charge is 0.493 e. The van der Waals surface area contributed by atoms with Crippen molar-refractivity contribution in [1.82, 2.24) is 30.3 Å². The Morgan fingerprint density at radius 3 is 1.98 bits per heavy atom. The van der Waals surface area contributed by atoms with Gasteiger partial charge in [0.05, 0.1) is 90.3 Å². The lowest BCUT2D eigenvalue weighted by atomic mass is 10.0. The average Bonchev–Trinajstić information content (AvgIpc) is 1.61. The van der Waals surface area contributed by atoms with Crippen molar-refractivity contribution in [2.24, 2.45) is 5.73 Å². The number of aliphatic hydroxyl groups is 1. The number of rotatable bonds is 37. The number of unbranched alkanes of at least 4 members (excludes halogenated alkanes) is 1. The van der Waals surface area contributed by atoms with E-state index >= 15 is 0 Å². The van der Waals surface area contributed by atoms with E-state index in [1.54, 1.807) is 42.5 Å². The van der Waals surface area contributed by atoms with E-state index in [9.17, 15) is 48.3 Å². The topological polar surface area (TPSA) is 342 Å². The van der Waals surface area contributed by atoms with Gasteiger partial charge in [0.25, 0.3) is 17.4 Å². The number of methoxy groups -OCH3 is 2. The van der Waals surface area contributed by atoms with Gasteiger partial charge in [-0.3, -0.25) is 43.3 Å². The molecule has 7 amide bonds. The number of carbonyl (C=O) groups excluding carboxylic acids is 8. The van der Waals surface area contributed by atoms with Gasteiger partial charge in [-0.15, -0.1) is 0 Å². The van der Waals surface area contributed by atoms with Crippen molar-refractivity contribution in [2.75, 3.05) is 119 Å². The molecule has 7 N–H and O–H groups in total. The van der Waals surface area contributed by atoms with Crippen LogP contribution in [0.1, 0.15) is 66.9 Å². The number of imide groups is 1. The van der Waals surface area contributed by atoms with Crippen LogP contribution in [0, 0.1) is 0 Å². The molecule has 3 aromatic carbocycles. The first-order chi connectivity index (χ1) is 41.6. The summed E-state index contributed by atoms with van der Waals surface area (Å²) in [5.74, 6) is -1.50. The normalized spacial score (nSPS) is 13.5. The third-order valence-corrected chi connectivity index (χ3v) is 14.0. The van der Waals surface area contributed by atoms with Crippen molar-refractivity contribution < 1.29 is 86.1 Å². The molecule has 0 bridgehead atoms. The first-order valence-corrected chi connectivity index (χ1v) is 28.3. The number of hydrogen-bond donors (Lipinski definition) is 6. The predicted octanol–water partition coefficient (Wildman–Crippen LogP) is 1.92. The van der Waals surface area contributed by atoms with Gasteiger partial charge in [-0.25, -0.2) is 4.79 Å². The highest BCUT2D eigenvalue weighted by molar-refractivity contribution is 6.27. The first kappa shape index (κ1) is 65.1. The highest BCUT2D eigenvalue weighted by atomic mass is 16.7. The van der Waals surface area contributed by atoms with Crippen molar-refractivity contribution >= 4 is 63.8 Å². The molecule has 3 heterocycles. The van der Waals surface area contributed by atoms with E-state index in [4.69, 9.17) is 48.4 Å². The number of carbonyl (C=O) groups is 8. The fourth-order valence-electron chi connectivity index (χ4n) is 9.52. The van der Waals surface area contributed by atoms with Crippen LogP contribution in [0.4, 0.5) is 10.5 Å². The summed E-state index contributed by atoms with van der Waals surface area (Å²) < 4.78 is 51.2. The third-order valence-electron chi connectivity index (χ3n) is 14.0. The van der Waals surface area contributed by atoms with Crippen molar-refractivity contribution in [3.05, 3.63) is 87.7 Å². The van der Waals surface area contributed by atoms with Crippen LogP contribution < -0.4 is 51.5 Å². The molecular formula is C59H74N8O19. The van der Waals surface area contributed by atoms with Crippen LogP contribution in [0.15, 0.2) is 65.5 Å². The minimum Gasteiger partial charge on any atom is -0.493 e. The zero-order chi connectivity index (χ0) is 61.5. The maximum atomic E-state index is 14.4. The molecule has 7 rings (SSSR count). The Morgan fingerprint density at radius 1 is 0.709 bits per heavy atom. The minimum absolute atomic E-state index is 0.00108. The number of aromatic nitrogens is 1. The van der Waals surface area contributed by atoms with Gasteiger partial charge in [0, 0.05) is 79.9 Å². The van der Waals surface area contributed by atoms with Crippen LogP contribution >= 0.6 is 0 Å². The predicted molar refractivity (Wildman–Crippen MR) is 309 cm³/mol. The fourth-order valence-corrected chi connectivity index (χ4v) is 9.52. The van der Waals surface area contributed by atoms with Gasteiger partial charge in [0.15, 0.2) is 28.8 Å². The van der Waals surface area contributed by atoms with Gasteiger partial charge in [-0.2, -0.15) is 0 Å². The minimum atomic E-state index is -0.976. The average molecular weight is 1200 g/mol. The Hall–Kier alpha value is -8.47. The number of aliphatic hydroxyl groups excluding tert-OH is 1. The summed E-state index contributed by atoms with van der Waals surface area (Å²) in [4.78, 5) is 119. The summed E-state index contributed by atoms with van der Waals surface area (Å²) in [6.07, 6.45) is 3.23. The van der Waals surface area contributed by atoms with E-state index in [0.717, 1.165) is 4.90 Å².